The minimum atomic E-state index is -0.541. The molecule has 1 N–H and O–H groups in total. The van der Waals surface area contributed by atoms with Crippen molar-refractivity contribution < 1.29 is 13.6 Å². The van der Waals surface area contributed by atoms with Crippen LogP contribution in [0.25, 0.3) is 11.1 Å². The summed E-state index contributed by atoms with van der Waals surface area (Å²) < 4.78 is 20.6. The van der Waals surface area contributed by atoms with Gasteiger partial charge in [0.15, 0.2) is 5.58 Å². The van der Waals surface area contributed by atoms with E-state index in [1.807, 2.05) is 19.9 Å². The number of hydrogen-bond acceptors (Lipinski definition) is 3. The third-order valence-electron chi connectivity index (χ3n) is 4.47. The molecule has 0 atom stereocenters. The maximum atomic E-state index is 14.0. The van der Waals surface area contributed by atoms with Crippen LogP contribution < -0.4 is 11.1 Å². The van der Waals surface area contributed by atoms with E-state index in [0.717, 1.165) is 0 Å². The van der Waals surface area contributed by atoms with Gasteiger partial charge in [-0.25, -0.2) is 9.18 Å². The molecular weight excluding hydrogens is 335 g/mol. The highest BCUT2D eigenvalue weighted by molar-refractivity contribution is 5.76. The highest BCUT2D eigenvalue weighted by Crippen LogP contribution is 2.24. The van der Waals surface area contributed by atoms with E-state index < -0.39 is 11.2 Å². The third-order valence-corrected chi connectivity index (χ3v) is 4.47. The van der Waals surface area contributed by atoms with Crippen LogP contribution in [0.4, 0.5) is 4.39 Å². The molecule has 0 saturated heterocycles. The van der Waals surface area contributed by atoms with Crippen molar-refractivity contribution in [3.05, 3.63) is 70.5 Å². The second-order valence-electron chi connectivity index (χ2n) is 6.88. The molecule has 5 nitrogen and oxygen atoms in total. The highest BCUT2D eigenvalue weighted by Gasteiger charge is 2.24. The number of nitrogens with zero attached hydrogens (tertiary/aromatic N) is 1. The summed E-state index contributed by atoms with van der Waals surface area (Å²) >= 11 is 0. The number of rotatable bonds is 6. The number of amides is 1. The number of aromatic nitrogens is 1. The zero-order valence-corrected chi connectivity index (χ0v) is 14.8. The van der Waals surface area contributed by atoms with Gasteiger partial charge in [-0.05, 0) is 23.8 Å². The quantitative estimate of drug-likeness (QED) is 0.738. The first-order valence-corrected chi connectivity index (χ1v) is 8.48. The Hall–Kier alpha value is -2.89. The van der Waals surface area contributed by atoms with Crippen molar-refractivity contribution in [1.29, 1.82) is 0 Å². The molecule has 0 spiro atoms. The van der Waals surface area contributed by atoms with Crippen molar-refractivity contribution in [3.8, 4) is 0 Å². The lowest BCUT2D eigenvalue weighted by molar-refractivity contribution is -0.121. The van der Waals surface area contributed by atoms with Crippen LogP contribution in [0.3, 0.4) is 0 Å². The molecule has 3 aromatic rings. The van der Waals surface area contributed by atoms with Gasteiger partial charge in [0.05, 0.1) is 5.52 Å². The predicted molar refractivity (Wildman–Crippen MR) is 97.5 cm³/mol. The lowest BCUT2D eigenvalue weighted by atomic mass is 9.84. The fourth-order valence-electron chi connectivity index (χ4n) is 2.95. The number of benzene rings is 2. The van der Waals surface area contributed by atoms with Gasteiger partial charge >= 0.3 is 5.76 Å². The van der Waals surface area contributed by atoms with E-state index in [2.05, 4.69) is 5.32 Å². The normalized spacial score (nSPS) is 11.7. The standard InChI is InChI=1S/C20H21FN2O3/c1-20(2,14-7-3-4-8-15(14)21)13-22-18(24)11-12-23-16-9-5-6-10-17(16)26-19(23)25/h3-10H,11-13H2,1-2H3,(H,22,24). The Morgan fingerprint density at radius 3 is 2.62 bits per heavy atom. The van der Waals surface area contributed by atoms with Crippen LogP contribution in [0.15, 0.2) is 57.7 Å². The molecule has 26 heavy (non-hydrogen) atoms. The average molecular weight is 356 g/mol. The van der Waals surface area contributed by atoms with Crippen molar-refractivity contribution >= 4 is 17.0 Å². The summed E-state index contributed by atoms with van der Waals surface area (Å²) in [5.41, 5.74) is 1.17. The van der Waals surface area contributed by atoms with Gasteiger partial charge in [0.2, 0.25) is 5.91 Å². The van der Waals surface area contributed by atoms with Gasteiger partial charge < -0.3 is 9.73 Å². The topological polar surface area (TPSA) is 64.2 Å². The van der Waals surface area contributed by atoms with Crippen molar-refractivity contribution in [3.63, 3.8) is 0 Å². The molecule has 0 unspecified atom stereocenters. The molecule has 0 radical (unpaired) electrons. The maximum Gasteiger partial charge on any atom is 0.419 e. The smallest absolute Gasteiger partial charge is 0.408 e. The van der Waals surface area contributed by atoms with Gasteiger partial charge in [-0.15, -0.1) is 0 Å². The summed E-state index contributed by atoms with van der Waals surface area (Å²) in [5.74, 6) is -0.972. The van der Waals surface area contributed by atoms with Gasteiger partial charge in [0.25, 0.3) is 0 Å². The van der Waals surface area contributed by atoms with Crippen molar-refractivity contribution in [2.45, 2.75) is 32.2 Å². The van der Waals surface area contributed by atoms with E-state index in [1.165, 1.54) is 10.6 Å². The van der Waals surface area contributed by atoms with Gasteiger partial charge in [-0.3, -0.25) is 9.36 Å². The number of para-hydroxylation sites is 2. The maximum absolute atomic E-state index is 14.0. The number of carbonyl (C=O) groups is 1. The van der Waals surface area contributed by atoms with Crippen LogP contribution >= 0.6 is 0 Å². The summed E-state index contributed by atoms with van der Waals surface area (Å²) in [6, 6.07) is 13.6. The summed E-state index contributed by atoms with van der Waals surface area (Å²) in [4.78, 5) is 24.1. The molecule has 2 aromatic carbocycles. The summed E-state index contributed by atoms with van der Waals surface area (Å²) in [7, 11) is 0. The van der Waals surface area contributed by atoms with E-state index >= 15 is 0 Å². The molecule has 0 saturated carbocycles. The number of carbonyl (C=O) groups excluding carboxylic acids is 1. The molecule has 0 aliphatic rings. The number of nitrogens with one attached hydrogen (secondary N) is 1. The minimum absolute atomic E-state index is 0.136. The Morgan fingerprint density at radius 1 is 1.15 bits per heavy atom. The Kier molecular flexibility index (Phi) is 4.93. The molecule has 1 amide bonds. The SMILES string of the molecule is CC(C)(CNC(=O)CCn1c(=O)oc2ccccc21)c1ccccc1F. The van der Waals surface area contributed by atoms with Crippen LogP contribution in [0.1, 0.15) is 25.8 Å². The first kappa shape index (κ1) is 17.9. The number of aryl methyl sites for hydroxylation is 1. The van der Waals surface area contributed by atoms with Gasteiger partial charge in [0.1, 0.15) is 5.82 Å². The largest absolute Gasteiger partial charge is 0.419 e. The molecule has 136 valence electrons. The van der Waals surface area contributed by atoms with Crippen molar-refractivity contribution in [2.24, 2.45) is 0 Å². The lowest BCUT2D eigenvalue weighted by Gasteiger charge is -2.26. The highest BCUT2D eigenvalue weighted by atomic mass is 19.1. The van der Waals surface area contributed by atoms with Gasteiger partial charge in [-0.1, -0.05) is 44.2 Å². The molecule has 0 fully saturated rings. The number of oxazole rings is 1. The summed E-state index contributed by atoms with van der Waals surface area (Å²) in [6.45, 7) is 4.27. The molecule has 0 aliphatic heterocycles. The first-order chi connectivity index (χ1) is 12.4. The van der Waals surface area contributed by atoms with E-state index in [9.17, 15) is 14.0 Å². The Morgan fingerprint density at radius 2 is 1.85 bits per heavy atom. The number of hydrogen-bond donors (Lipinski definition) is 1. The minimum Gasteiger partial charge on any atom is -0.408 e. The zero-order chi connectivity index (χ0) is 18.7. The first-order valence-electron chi connectivity index (χ1n) is 8.48. The van der Waals surface area contributed by atoms with Crippen LogP contribution in [-0.2, 0) is 16.8 Å². The van der Waals surface area contributed by atoms with Crippen LogP contribution in [0, 0.1) is 5.82 Å². The van der Waals surface area contributed by atoms with E-state index in [0.29, 0.717) is 23.2 Å². The monoisotopic (exact) mass is 356 g/mol. The zero-order valence-electron chi connectivity index (χ0n) is 14.8. The van der Waals surface area contributed by atoms with Crippen molar-refractivity contribution in [1.82, 2.24) is 9.88 Å². The van der Waals surface area contributed by atoms with Crippen LogP contribution in [0.2, 0.25) is 0 Å². The van der Waals surface area contributed by atoms with Gasteiger partial charge in [-0.2, -0.15) is 0 Å². The van der Waals surface area contributed by atoms with E-state index in [1.54, 1.807) is 36.4 Å². The lowest BCUT2D eigenvalue weighted by Crippen LogP contribution is -2.37. The number of fused-ring (bicyclic) bond motifs is 1. The van der Waals surface area contributed by atoms with Gasteiger partial charge in [0, 0.05) is 24.9 Å². The molecule has 0 bridgehead atoms. The average Bonchev–Trinajstić information content (AvgIpc) is 2.93. The Labute approximate surface area is 150 Å². The fraction of sp³-hybridized carbons (Fsp3) is 0.300. The predicted octanol–water partition coefficient (Wildman–Crippen LogP) is 3.22. The Bertz CT molecular complexity index is 988. The van der Waals surface area contributed by atoms with Crippen LogP contribution in [0.5, 0.6) is 0 Å². The molecule has 0 aliphatic carbocycles. The van der Waals surface area contributed by atoms with Crippen molar-refractivity contribution in [2.75, 3.05) is 6.54 Å². The fourth-order valence-corrected chi connectivity index (χ4v) is 2.95. The number of halogens is 1. The second-order valence-corrected chi connectivity index (χ2v) is 6.88. The van der Waals surface area contributed by atoms with E-state index in [4.69, 9.17) is 4.42 Å². The Balaban J connectivity index is 1.62. The third kappa shape index (κ3) is 3.69. The summed E-state index contributed by atoms with van der Waals surface area (Å²) in [6.07, 6.45) is 0.136. The second kappa shape index (κ2) is 7.15. The molecule has 1 heterocycles. The summed E-state index contributed by atoms with van der Waals surface area (Å²) in [5, 5.41) is 2.83. The van der Waals surface area contributed by atoms with Crippen LogP contribution in [-0.4, -0.2) is 17.0 Å². The molecular formula is C20H21FN2O3. The van der Waals surface area contributed by atoms with E-state index in [-0.39, 0.29) is 24.7 Å². The molecule has 6 heteroatoms. The molecule has 1 aromatic heterocycles. The molecule has 3 rings (SSSR count).